The van der Waals surface area contributed by atoms with E-state index in [0.717, 1.165) is 42.6 Å². The number of hydrogen-bond donors (Lipinski definition) is 0. The Bertz CT molecular complexity index is 1650. The number of cyclic esters (lactones) is 1. The predicted molar refractivity (Wildman–Crippen MR) is 158 cm³/mol. The lowest BCUT2D eigenvalue weighted by Crippen LogP contribution is -2.57. The maximum atomic E-state index is 13.8. The lowest BCUT2D eigenvalue weighted by Gasteiger charge is -2.38. The third-order valence-electron chi connectivity index (χ3n) is 9.22. The van der Waals surface area contributed by atoms with Gasteiger partial charge in [0.2, 0.25) is 5.95 Å². The summed E-state index contributed by atoms with van der Waals surface area (Å²) in [5, 5.41) is 0. The average Bonchev–Trinajstić information content (AvgIpc) is 3.31. The summed E-state index contributed by atoms with van der Waals surface area (Å²) in [5.74, 6) is -2.19. The van der Waals surface area contributed by atoms with Crippen LogP contribution in [-0.4, -0.2) is 53.1 Å². The Morgan fingerprint density at radius 1 is 0.917 bits per heavy atom. The van der Waals surface area contributed by atoms with Crippen molar-refractivity contribution in [3.8, 4) is 16.9 Å². The van der Waals surface area contributed by atoms with Crippen molar-refractivity contribution in [3.05, 3.63) is 70.5 Å². The van der Waals surface area contributed by atoms with Crippen molar-refractivity contribution < 1.29 is 49.4 Å². The Labute approximate surface area is 270 Å². The summed E-state index contributed by atoms with van der Waals surface area (Å²) in [6, 6.07) is 5.76. The van der Waals surface area contributed by atoms with Gasteiger partial charge in [0.15, 0.2) is 0 Å². The third-order valence-corrected chi connectivity index (χ3v) is 9.22. The summed E-state index contributed by atoms with van der Waals surface area (Å²) in [6.45, 7) is -0.111. The molecule has 3 aromatic rings. The molecule has 0 bridgehead atoms. The van der Waals surface area contributed by atoms with Crippen LogP contribution in [0, 0.1) is 0 Å². The highest BCUT2D eigenvalue weighted by Crippen LogP contribution is 2.43. The van der Waals surface area contributed by atoms with Gasteiger partial charge in [0, 0.05) is 17.3 Å². The molecule has 7 nitrogen and oxygen atoms in total. The first-order valence-electron chi connectivity index (χ1n) is 15.5. The first-order chi connectivity index (χ1) is 22.5. The van der Waals surface area contributed by atoms with Crippen LogP contribution in [0.1, 0.15) is 79.0 Å². The molecule has 1 aliphatic carbocycles. The maximum absolute atomic E-state index is 13.8. The predicted octanol–water partition coefficient (Wildman–Crippen LogP) is 8.77. The molecule has 15 heteroatoms. The Morgan fingerprint density at radius 3 is 2.15 bits per heavy atom. The SMILES string of the molecule is COc1ccc(C2CCCCC2)cc1-c1cnc(N2CC(F)(F)C2)nc1CN1C(=O)O[C@H](c2cc(C(F)(F)F)cc(C(F)(F)F)c2)[C@@H]1C. The number of carbonyl (C=O) groups is 1. The van der Waals surface area contributed by atoms with Gasteiger partial charge in [-0.05, 0) is 67.1 Å². The Morgan fingerprint density at radius 2 is 1.56 bits per heavy atom. The van der Waals surface area contributed by atoms with Gasteiger partial charge < -0.3 is 14.4 Å². The number of ether oxygens (including phenoxy) is 2. The van der Waals surface area contributed by atoms with Crippen molar-refractivity contribution in [2.24, 2.45) is 0 Å². The summed E-state index contributed by atoms with van der Waals surface area (Å²) in [5.41, 5.74) is -1.28. The quantitative estimate of drug-likeness (QED) is 0.232. The summed E-state index contributed by atoms with van der Waals surface area (Å²) >= 11 is 0. The molecule has 1 saturated carbocycles. The topological polar surface area (TPSA) is 67.8 Å². The van der Waals surface area contributed by atoms with Gasteiger partial charge in [0.25, 0.3) is 5.92 Å². The van der Waals surface area contributed by atoms with E-state index in [1.54, 1.807) is 0 Å². The molecule has 1 aromatic heterocycles. The Hall–Kier alpha value is -4.17. The van der Waals surface area contributed by atoms with E-state index in [1.807, 2.05) is 18.2 Å². The molecule has 258 valence electrons. The van der Waals surface area contributed by atoms with Crippen LogP contribution in [0.25, 0.3) is 11.1 Å². The highest BCUT2D eigenvalue weighted by atomic mass is 19.4. The number of rotatable bonds is 7. The lowest BCUT2D eigenvalue weighted by atomic mass is 9.83. The van der Waals surface area contributed by atoms with E-state index < -0.39 is 66.3 Å². The fourth-order valence-corrected chi connectivity index (χ4v) is 6.65. The van der Waals surface area contributed by atoms with Crippen LogP contribution in [0.2, 0.25) is 0 Å². The molecule has 1 amide bonds. The fourth-order valence-electron chi connectivity index (χ4n) is 6.65. The van der Waals surface area contributed by atoms with Crippen LogP contribution in [-0.2, 0) is 23.6 Å². The first kappa shape index (κ1) is 33.7. The molecule has 2 atom stereocenters. The number of amides is 1. The molecule has 3 aliphatic rings. The van der Waals surface area contributed by atoms with E-state index in [-0.39, 0.29) is 24.3 Å². The standard InChI is InChI=1S/C33H32F8N4O3/c1-18-28(21-10-22(32(36,37)38)13-23(11-21)33(39,40)41)48-30(46)45(18)15-26-25(14-42-29(43-26)44-16-31(34,35)17-44)24-12-20(8-9-27(24)47-2)19-6-4-3-5-7-19/h8-14,18-19,28H,3-7,15-17H2,1-2H3/t18-,28-/m0/s1. The fraction of sp³-hybridized carbons (Fsp3) is 0.485. The normalized spacial score (nSPS) is 21.7. The number of hydrogen-bond acceptors (Lipinski definition) is 6. The van der Waals surface area contributed by atoms with Crippen LogP contribution >= 0.6 is 0 Å². The molecule has 3 fully saturated rings. The largest absolute Gasteiger partial charge is 0.496 e. The molecular weight excluding hydrogens is 652 g/mol. The molecule has 3 heterocycles. The van der Waals surface area contributed by atoms with Crippen LogP contribution in [0.3, 0.4) is 0 Å². The number of alkyl halides is 8. The number of benzene rings is 2. The number of halogens is 8. The van der Waals surface area contributed by atoms with Crippen molar-refractivity contribution in [2.75, 3.05) is 25.1 Å². The second-order valence-electron chi connectivity index (χ2n) is 12.5. The van der Waals surface area contributed by atoms with Crippen molar-refractivity contribution in [1.82, 2.24) is 14.9 Å². The molecule has 6 rings (SSSR count). The molecule has 0 radical (unpaired) electrons. The zero-order chi connectivity index (χ0) is 34.6. The van der Waals surface area contributed by atoms with Crippen LogP contribution < -0.4 is 9.64 Å². The summed E-state index contributed by atoms with van der Waals surface area (Å²) in [4.78, 5) is 24.5. The van der Waals surface area contributed by atoms with Gasteiger partial charge in [0.1, 0.15) is 11.9 Å². The minimum Gasteiger partial charge on any atom is -0.496 e. The smallest absolute Gasteiger partial charge is 0.416 e. The van der Waals surface area contributed by atoms with E-state index in [0.29, 0.717) is 34.9 Å². The van der Waals surface area contributed by atoms with Gasteiger partial charge in [0.05, 0.1) is 49.6 Å². The number of anilines is 1. The average molecular weight is 685 g/mol. The minimum atomic E-state index is -5.09. The Kier molecular flexibility index (Phi) is 8.69. The Balaban J connectivity index is 1.38. The van der Waals surface area contributed by atoms with Crippen LogP contribution in [0.4, 0.5) is 45.9 Å². The van der Waals surface area contributed by atoms with E-state index >= 15 is 0 Å². The molecule has 2 aromatic carbocycles. The molecule has 2 saturated heterocycles. The van der Waals surface area contributed by atoms with Crippen molar-refractivity contribution in [1.29, 1.82) is 0 Å². The van der Waals surface area contributed by atoms with Gasteiger partial charge in [-0.1, -0.05) is 25.3 Å². The molecule has 0 spiro atoms. The molecule has 0 unspecified atom stereocenters. The molecule has 0 N–H and O–H groups in total. The van der Waals surface area contributed by atoms with E-state index in [1.165, 1.54) is 25.1 Å². The van der Waals surface area contributed by atoms with E-state index in [4.69, 9.17) is 9.47 Å². The highest BCUT2D eigenvalue weighted by molar-refractivity contribution is 5.75. The summed E-state index contributed by atoms with van der Waals surface area (Å²) < 4.78 is 120. The number of aromatic nitrogens is 2. The van der Waals surface area contributed by atoms with Gasteiger partial charge in [-0.15, -0.1) is 0 Å². The highest BCUT2D eigenvalue weighted by Gasteiger charge is 2.46. The molecule has 48 heavy (non-hydrogen) atoms. The first-order valence-corrected chi connectivity index (χ1v) is 15.5. The summed E-state index contributed by atoms with van der Waals surface area (Å²) in [6.07, 6.45) is -5.89. The third kappa shape index (κ3) is 6.73. The van der Waals surface area contributed by atoms with E-state index in [9.17, 15) is 39.9 Å². The van der Waals surface area contributed by atoms with Crippen LogP contribution in [0.15, 0.2) is 42.6 Å². The van der Waals surface area contributed by atoms with Crippen LogP contribution in [0.5, 0.6) is 5.75 Å². The molecular formula is C33H32F8N4O3. The number of carbonyl (C=O) groups excluding carboxylic acids is 1. The monoisotopic (exact) mass is 684 g/mol. The lowest BCUT2D eigenvalue weighted by molar-refractivity contribution is -0.143. The van der Waals surface area contributed by atoms with Crippen molar-refractivity contribution in [3.63, 3.8) is 0 Å². The van der Waals surface area contributed by atoms with Gasteiger partial charge in [-0.2, -0.15) is 26.3 Å². The maximum Gasteiger partial charge on any atom is 0.416 e. The number of nitrogens with zero attached hydrogens (tertiary/aromatic N) is 4. The van der Waals surface area contributed by atoms with Gasteiger partial charge in [-0.3, -0.25) is 4.90 Å². The van der Waals surface area contributed by atoms with Gasteiger partial charge in [-0.25, -0.2) is 23.5 Å². The zero-order valence-electron chi connectivity index (χ0n) is 26.0. The number of methoxy groups -OCH3 is 1. The van der Waals surface area contributed by atoms with E-state index in [2.05, 4.69) is 9.97 Å². The minimum absolute atomic E-state index is 0.00549. The van der Waals surface area contributed by atoms with Crippen molar-refractivity contribution in [2.45, 2.75) is 81.9 Å². The zero-order valence-corrected chi connectivity index (χ0v) is 26.0. The second kappa shape index (κ2) is 12.4. The summed E-state index contributed by atoms with van der Waals surface area (Å²) in [7, 11) is 1.48. The molecule has 2 aliphatic heterocycles. The van der Waals surface area contributed by atoms with Crippen molar-refractivity contribution >= 4 is 12.0 Å². The van der Waals surface area contributed by atoms with Gasteiger partial charge >= 0.3 is 18.4 Å². The second-order valence-corrected chi connectivity index (χ2v) is 12.5.